The summed E-state index contributed by atoms with van der Waals surface area (Å²) in [6.45, 7) is 2.50. The van der Waals surface area contributed by atoms with Crippen LogP contribution in [0.15, 0.2) is 6.33 Å². The largest absolute Gasteiger partial charge is 0.379 e. The van der Waals surface area contributed by atoms with Crippen molar-refractivity contribution in [2.24, 2.45) is 12.5 Å². The lowest BCUT2D eigenvalue weighted by Gasteiger charge is -2.48. The summed E-state index contributed by atoms with van der Waals surface area (Å²) in [5, 5.41) is 7.13. The lowest BCUT2D eigenvalue weighted by molar-refractivity contribution is -0.130. The van der Waals surface area contributed by atoms with Gasteiger partial charge in [0.2, 0.25) is 11.7 Å². The molecule has 1 N–H and O–H groups in total. The number of likely N-dealkylation sites (tertiary alicyclic amines) is 1. The molecule has 1 unspecified atom stereocenters. The molecule has 2 aliphatic heterocycles. The van der Waals surface area contributed by atoms with Gasteiger partial charge < -0.3 is 19.7 Å². The zero-order chi connectivity index (χ0) is 17.9. The SMILES string of the molecule is COCC(=O)NC1COCCC12CCN(C(=O)c1ncn(C)n1)CC2. The number of nitrogens with zero attached hydrogens (tertiary/aromatic N) is 4. The number of piperidine rings is 1. The minimum atomic E-state index is -0.137. The van der Waals surface area contributed by atoms with E-state index in [1.54, 1.807) is 11.9 Å². The van der Waals surface area contributed by atoms with Gasteiger partial charge in [0.05, 0.1) is 12.6 Å². The Labute approximate surface area is 146 Å². The molecule has 3 rings (SSSR count). The van der Waals surface area contributed by atoms with Gasteiger partial charge in [-0.1, -0.05) is 0 Å². The highest BCUT2D eigenvalue weighted by atomic mass is 16.5. The molecule has 0 bridgehead atoms. The summed E-state index contributed by atoms with van der Waals surface area (Å²) in [5.74, 6) is -0.0357. The molecule has 2 aliphatic rings. The number of methoxy groups -OCH3 is 1. The van der Waals surface area contributed by atoms with Gasteiger partial charge in [-0.25, -0.2) is 4.98 Å². The van der Waals surface area contributed by atoms with Crippen LogP contribution in [0, 0.1) is 5.41 Å². The van der Waals surface area contributed by atoms with Crippen molar-refractivity contribution in [2.45, 2.75) is 25.3 Å². The van der Waals surface area contributed by atoms with Crippen molar-refractivity contribution < 1.29 is 19.1 Å². The summed E-state index contributed by atoms with van der Waals surface area (Å²) in [6, 6.07) is -0.0471. The molecule has 0 radical (unpaired) electrons. The van der Waals surface area contributed by atoms with Crippen LogP contribution in [-0.4, -0.2) is 77.5 Å². The maximum Gasteiger partial charge on any atom is 0.293 e. The number of aryl methyl sites for hydroxylation is 1. The summed E-state index contributed by atoms with van der Waals surface area (Å²) in [7, 11) is 3.24. The molecule has 9 heteroatoms. The van der Waals surface area contributed by atoms with Crippen LogP contribution in [0.25, 0.3) is 0 Å². The van der Waals surface area contributed by atoms with Crippen LogP contribution in [0.4, 0.5) is 0 Å². The van der Waals surface area contributed by atoms with Gasteiger partial charge in [-0.05, 0) is 24.7 Å². The Kier molecular flexibility index (Phi) is 5.33. The number of hydrogen-bond acceptors (Lipinski definition) is 6. The highest BCUT2D eigenvalue weighted by Crippen LogP contribution is 2.41. The van der Waals surface area contributed by atoms with Crippen LogP contribution in [0.5, 0.6) is 0 Å². The number of ether oxygens (including phenoxy) is 2. The molecule has 1 spiro atoms. The van der Waals surface area contributed by atoms with Crippen LogP contribution in [0.2, 0.25) is 0 Å². The molecule has 1 atom stereocenters. The average molecular weight is 351 g/mol. The van der Waals surface area contributed by atoms with Crippen molar-refractivity contribution in [2.75, 3.05) is 40.0 Å². The van der Waals surface area contributed by atoms with E-state index in [4.69, 9.17) is 9.47 Å². The van der Waals surface area contributed by atoms with E-state index in [1.165, 1.54) is 18.1 Å². The first kappa shape index (κ1) is 17.8. The lowest BCUT2D eigenvalue weighted by Crippen LogP contribution is -2.58. The van der Waals surface area contributed by atoms with Gasteiger partial charge in [0.25, 0.3) is 5.91 Å². The molecule has 2 fully saturated rings. The zero-order valence-electron chi connectivity index (χ0n) is 14.7. The monoisotopic (exact) mass is 351 g/mol. The molecule has 1 aromatic heterocycles. The molecule has 0 aromatic carbocycles. The normalized spacial score (nSPS) is 22.8. The van der Waals surface area contributed by atoms with Gasteiger partial charge in [-0.2, -0.15) is 0 Å². The van der Waals surface area contributed by atoms with Gasteiger partial charge >= 0.3 is 0 Å². The Morgan fingerprint density at radius 1 is 1.40 bits per heavy atom. The van der Waals surface area contributed by atoms with Crippen LogP contribution in [-0.2, 0) is 21.3 Å². The van der Waals surface area contributed by atoms with E-state index in [2.05, 4.69) is 15.4 Å². The van der Waals surface area contributed by atoms with Crippen molar-refractivity contribution in [3.63, 3.8) is 0 Å². The summed E-state index contributed by atoms with van der Waals surface area (Å²) in [6.07, 6.45) is 4.06. The second-order valence-electron chi connectivity index (χ2n) is 6.77. The van der Waals surface area contributed by atoms with Crippen molar-refractivity contribution in [3.8, 4) is 0 Å². The van der Waals surface area contributed by atoms with Crippen molar-refractivity contribution >= 4 is 11.8 Å². The molecule has 2 saturated heterocycles. The maximum absolute atomic E-state index is 12.5. The Balaban J connectivity index is 1.63. The fraction of sp³-hybridized carbons (Fsp3) is 0.750. The number of rotatable bonds is 4. The van der Waals surface area contributed by atoms with E-state index in [0.29, 0.717) is 26.3 Å². The first-order valence-corrected chi connectivity index (χ1v) is 8.55. The number of hydrogen-bond donors (Lipinski definition) is 1. The Hall–Kier alpha value is -2.00. The Morgan fingerprint density at radius 3 is 2.80 bits per heavy atom. The highest BCUT2D eigenvalue weighted by molar-refractivity contribution is 5.90. The van der Waals surface area contributed by atoms with Gasteiger partial charge in [0, 0.05) is 33.9 Å². The molecule has 2 amide bonds. The lowest BCUT2D eigenvalue weighted by atomic mass is 9.69. The van der Waals surface area contributed by atoms with Gasteiger partial charge in [-0.15, -0.1) is 5.10 Å². The van der Waals surface area contributed by atoms with Crippen molar-refractivity contribution in [1.29, 1.82) is 0 Å². The molecule has 9 nitrogen and oxygen atoms in total. The summed E-state index contributed by atoms with van der Waals surface area (Å²) < 4.78 is 12.0. The molecular weight excluding hydrogens is 326 g/mol. The Morgan fingerprint density at radius 2 is 2.16 bits per heavy atom. The van der Waals surface area contributed by atoms with E-state index in [-0.39, 0.29) is 35.7 Å². The minimum Gasteiger partial charge on any atom is -0.379 e. The van der Waals surface area contributed by atoms with Crippen LogP contribution in [0.1, 0.15) is 29.9 Å². The maximum atomic E-state index is 12.5. The second kappa shape index (κ2) is 7.49. The second-order valence-corrected chi connectivity index (χ2v) is 6.77. The van der Waals surface area contributed by atoms with Gasteiger partial charge in [-0.3, -0.25) is 14.3 Å². The summed E-state index contributed by atoms with van der Waals surface area (Å²) >= 11 is 0. The molecule has 138 valence electrons. The molecule has 0 aliphatic carbocycles. The van der Waals surface area contributed by atoms with Gasteiger partial charge in [0.15, 0.2) is 0 Å². The van der Waals surface area contributed by atoms with E-state index >= 15 is 0 Å². The van der Waals surface area contributed by atoms with E-state index in [1.807, 2.05) is 0 Å². The van der Waals surface area contributed by atoms with Gasteiger partial charge in [0.1, 0.15) is 12.9 Å². The van der Waals surface area contributed by atoms with Crippen LogP contribution < -0.4 is 5.32 Å². The van der Waals surface area contributed by atoms with E-state index in [0.717, 1.165) is 19.3 Å². The number of amides is 2. The fourth-order valence-corrected chi connectivity index (χ4v) is 3.72. The minimum absolute atomic E-state index is 0.0318. The fourth-order valence-electron chi connectivity index (χ4n) is 3.72. The molecule has 1 aromatic rings. The Bertz CT molecular complexity index is 624. The molecular formula is C16H25N5O4. The molecule has 0 saturated carbocycles. The molecule has 3 heterocycles. The van der Waals surface area contributed by atoms with E-state index in [9.17, 15) is 9.59 Å². The third-order valence-electron chi connectivity index (χ3n) is 5.22. The number of nitrogens with one attached hydrogen (secondary N) is 1. The number of aromatic nitrogens is 3. The first-order chi connectivity index (χ1) is 12.0. The predicted molar refractivity (Wildman–Crippen MR) is 87.8 cm³/mol. The van der Waals surface area contributed by atoms with Crippen molar-refractivity contribution in [1.82, 2.24) is 25.0 Å². The van der Waals surface area contributed by atoms with Crippen molar-refractivity contribution in [3.05, 3.63) is 12.2 Å². The number of carbonyl (C=O) groups excluding carboxylic acids is 2. The average Bonchev–Trinajstić information content (AvgIpc) is 3.04. The zero-order valence-corrected chi connectivity index (χ0v) is 14.7. The highest BCUT2D eigenvalue weighted by Gasteiger charge is 2.45. The number of carbonyl (C=O) groups is 2. The third-order valence-corrected chi connectivity index (χ3v) is 5.22. The topological polar surface area (TPSA) is 98.6 Å². The van der Waals surface area contributed by atoms with E-state index < -0.39 is 0 Å². The third kappa shape index (κ3) is 3.82. The van der Waals surface area contributed by atoms with Crippen LogP contribution >= 0.6 is 0 Å². The summed E-state index contributed by atoms with van der Waals surface area (Å²) in [4.78, 5) is 30.3. The molecule has 25 heavy (non-hydrogen) atoms. The smallest absolute Gasteiger partial charge is 0.293 e. The predicted octanol–water partition coefficient (Wildman–Crippen LogP) is -0.411. The van der Waals surface area contributed by atoms with Crippen LogP contribution in [0.3, 0.4) is 0 Å². The summed E-state index contributed by atoms with van der Waals surface area (Å²) in [5.41, 5.74) is -0.0318. The standard InChI is InChI=1S/C16H25N5O4/c1-20-11-17-14(19-20)15(23)21-6-3-16(4-7-21)5-8-25-9-12(16)18-13(22)10-24-2/h11-12H,3-10H2,1-2H3,(H,18,22). The first-order valence-electron chi connectivity index (χ1n) is 8.55. The quantitative estimate of drug-likeness (QED) is 0.792.